The maximum atomic E-state index is 6.51. The molecule has 0 aromatic heterocycles. The van der Waals surface area contributed by atoms with Crippen LogP contribution in [0, 0.1) is 5.41 Å². The van der Waals surface area contributed by atoms with E-state index in [2.05, 4.69) is 80.7 Å². The molecule has 0 aliphatic heterocycles. The number of hydrogen-bond acceptors (Lipinski definition) is 3. The minimum Gasteiger partial charge on any atom is -0.326 e. The number of nitrogens with two attached hydrogens (primary N) is 2. The average molecular weight is 368 g/mol. The average Bonchev–Trinajstić information content (AvgIpc) is 2.62. The summed E-state index contributed by atoms with van der Waals surface area (Å²) < 4.78 is 0. The summed E-state index contributed by atoms with van der Waals surface area (Å²) in [5.74, 6) is 0. The Bertz CT molecular complexity index is 634. The van der Waals surface area contributed by atoms with Crippen molar-refractivity contribution in [3.8, 4) is 0 Å². The lowest BCUT2D eigenvalue weighted by Gasteiger charge is -2.28. The zero-order valence-electron chi connectivity index (χ0n) is 17.2. The summed E-state index contributed by atoms with van der Waals surface area (Å²) in [5, 5.41) is 3.74. The van der Waals surface area contributed by atoms with Crippen molar-refractivity contribution in [2.75, 3.05) is 6.54 Å². The van der Waals surface area contributed by atoms with Crippen LogP contribution < -0.4 is 16.8 Å². The summed E-state index contributed by atoms with van der Waals surface area (Å²) in [6.07, 6.45) is 3.83. The smallest absolute Gasteiger partial charge is 0.0233 e. The molecule has 0 aliphatic carbocycles. The van der Waals surface area contributed by atoms with Gasteiger partial charge in [0.25, 0.3) is 0 Å². The topological polar surface area (TPSA) is 64.1 Å². The fourth-order valence-electron chi connectivity index (χ4n) is 3.33. The van der Waals surface area contributed by atoms with Gasteiger partial charge in [-0.3, -0.25) is 0 Å². The van der Waals surface area contributed by atoms with E-state index in [0.29, 0.717) is 11.5 Å². The molecule has 3 heteroatoms. The molecule has 0 amide bonds. The summed E-state index contributed by atoms with van der Waals surface area (Å²) in [5.41, 5.74) is 15.9. The predicted molar refractivity (Wildman–Crippen MR) is 117 cm³/mol. The molecule has 27 heavy (non-hydrogen) atoms. The third-order valence-corrected chi connectivity index (χ3v) is 5.05. The van der Waals surface area contributed by atoms with E-state index in [1.807, 2.05) is 6.07 Å². The van der Waals surface area contributed by atoms with Gasteiger partial charge in [-0.1, -0.05) is 81.4 Å². The van der Waals surface area contributed by atoms with Crippen LogP contribution in [0.5, 0.6) is 0 Å². The van der Waals surface area contributed by atoms with E-state index in [-0.39, 0.29) is 12.1 Å². The van der Waals surface area contributed by atoms with Crippen molar-refractivity contribution in [1.29, 1.82) is 0 Å². The van der Waals surface area contributed by atoms with E-state index < -0.39 is 0 Å². The molecule has 3 nitrogen and oxygen atoms in total. The number of benzene rings is 2. The van der Waals surface area contributed by atoms with E-state index in [1.54, 1.807) is 0 Å². The van der Waals surface area contributed by atoms with Crippen LogP contribution >= 0.6 is 0 Å². The third-order valence-electron chi connectivity index (χ3n) is 5.05. The number of hydrogen-bond donors (Lipinski definition) is 3. The van der Waals surface area contributed by atoms with Crippen molar-refractivity contribution in [1.82, 2.24) is 5.32 Å². The molecule has 3 unspecified atom stereocenters. The lowest BCUT2D eigenvalue weighted by molar-refractivity contribution is 0.335. The summed E-state index contributed by atoms with van der Waals surface area (Å²) in [4.78, 5) is 0. The molecule has 3 atom stereocenters. The van der Waals surface area contributed by atoms with Crippen LogP contribution in [0.25, 0.3) is 0 Å². The van der Waals surface area contributed by atoms with E-state index in [1.165, 1.54) is 11.1 Å². The standard InChI is InChI=1S/C24H37N3/c1-24(2,3)14-15-27-21(16-19-10-6-4-7-11-19)18-23(26)22(25)17-20-12-8-5-9-13-20/h4-13,21-23,27H,14-18,25-26H2,1-3H3. The Morgan fingerprint density at radius 1 is 0.778 bits per heavy atom. The molecule has 5 N–H and O–H groups in total. The van der Waals surface area contributed by atoms with E-state index >= 15 is 0 Å². The molecular formula is C24H37N3. The predicted octanol–water partition coefficient (Wildman–Crippen LogP) is 3.91. The summed E-state index contributed by atoms with van der Waals surface area (Å²) in [6, 6.07) is 21.3. The minimum absolute atomic E-state index is 0.0268. The van der Waals surface area contributed by atoms with Gasteiger partial charge in [0.2, 0.25) is 0 Å². The Morgan fingerprint density at radius 3 is 1.81 bits per heavy atom. The van der Waals surface area contributed by atoms with Crippen molar-refractivity contribution in [2.24, 2.45) is 16.9 Å². The quantitative estimate of drug-likeness (QED) is 0.596. The molecule has 148 valence electrons. The molecule has 0 bridgehead atoms. The molecule has 2 aromatic rings. The Kier molecular flexibility index (Phi) is 8.49. The van der Waals surface area contributed by atoms with Crippen LogP contribution in [0.15, 0.2) is 60.7 Å². The van der Waals surface area contributed by atoms with Crippen LogP contribution in [0.1, 0.15) is 44.7 Å². The fourth-order valence-corrected chi connectivity index (χ4v) is 3.33. The van der Waals surface area contributed by atoms with Gasteiger partial charge in [-0.25, -0.2) is 0 Å². The number of rotatable bonds is 10. The van der Waals surface area contributed by atoms with Crippen molar-refractivity contribution >= 4 is 0 Å². The second kappa shape index (κ2) is 10.6. The summed E-state index contributed by atoms with van der Waals surface area (Å²) in [7, 11) is 0. The van der Waals surface area contributed by atoms with Crippen LogP contribution in [0.4, 0.5) is 0 Å². The van der Waals surface area contributed by atoms with Gasteiger partial charge < -0.3 is 16.8 Å². The van der Waals surface area contributed by atoms with Crippen molar-refractivity contribution in [2.45, 2.75) is 64.6 Å². The second-order valence-corrected chi connectivity index (χ2v) is 8.90. The molecule has 2 rings (SSSR count). The SMILES string of the molecule is CC(C)(C)CCNC(Cc1ccccc1)CC(N)C(N)Cc1ccccc1. The molecule has 0 heterocycles. The van der Waals surface area contributed by atoms with Crippen LogP contribution in [-0.2, 0) is 12.8 Å². The normalized spacial score (nSPS) is 15.3. The van der Waals surface area contributed by atoms with Crippen molar-refractivity contribution in [3.63, 3.8) is 0 Å². The summed E-state index contributed by atoms with van der Waals surface area (Å²) >= 11 is 0. The van der Waals surface area contributed by atoms with Crippen LogP contribution in [0.3, 0.4) is 0 Å². The van der Waals surface area contributed by atoms with E-state index in [4.69, 9.17) is 11.5 Å². The zero-order valence-corrected chi connectivity index (χ0v) is 17.2. The van der Waals surface area contributed by atoms with E-state index in [0.717, 1.165) is 32.2 Å². The number of nitrogens with one attached hydrogen (secondary N) is 1. The summed E-state index contributed by atoms with van der Waals surface area (Å²) in [6.45, 7) is 7.84. The van der Waals surface area contributed by atoms with Gasteiger partial charge in [0, 0.05) is 18.1 Å². The molecule has 0 fully saturated rings. The van der Waals surface area contributed by atoms with Gasteiger partial charge in [-0.2, -0.15) is 0 Å². The Balaban J connectivity index is 1.94. The molecular weight excluding hydrogens is 330 g/mol. The minimum atomic E-state index is -0.0323. The first-order valence-corrected chi connectivity index (χ1v) is 10.2. The Morgan fingerprint density at radius 2 is 1.30 bits per heavy atom. The van der Waals surface area contributed by atoms with Crippen LogP contribution in [0.2, 0.25) is 0 Å². The molecule has 0 saturated carbocycles. The maximum Gasteiger partial charge on any atom is 0.0233 e. The molecule has 2 aromatic carbocycles. The Hall–Kier alpha value is -1.68. The first-order chi connectivity index (χ1) is 12.8. The maximum absolute atomic E-state index is 6.51. The first kappa shape index (κ1) is 21.6. The molecule has 0 spiro atoms. The van der Waals surface area contributed by atoms with Gasteiger partial charge in [-0.15, -0.1) is 0 Å². The molecule has 0 aliphatic rings. The first-order valence-electron chi connectivity index (χ1n) is 10.2. The second-order valence-electron chi connectivity index (χ2n) is 8.90. The van der Waals surface area contributed by atoms with Crippen molar-refractivity contribution < 1.29 is 0 Å². The van der Waals surface area contributed by atoms with Gasteiger partial charge in [0.15, 0.2) is 0 Å². The Labute approximate surface area is 165 Å². The largest absolute Gasteiger partial charge is 0.326 e. The van der Waals surface area contributed by atoms with Crippen molar-refractivity contribution in [3.05, 3.63) is 71.8 Å². The highest BCUT2D eigenvalue weighted by Gasteiger charge is 2.20. The van der Waals surface area contributed by atoms with Gasteiger partial charge in [0.1, 0.15) is 0 Å². The third kappa shape index (κ3) is 8.70. The highest BCUT2D eigenvalue weighted by atomic mass is 14.9. The van der Waals surface area contributed by atoms with E-state index in [9.17, 15) is 0 Å². The molecule has 0 saturated heterocycles. The lowest BCUT2D eigenvalue weighted by Crippen LogP contribution is -2.48. The molecule has 0 radical (unpaired) electrons. The fraction of sp³-hybridized carbons (Fsp3) is 0.500. The van der Waals surface area contributed by atoms with Gasteiger partial charge in [0.05, 0.1) is 0 Å². The zero-order chi connectivity index (χ0) is 19.7. The van der Waals surface area contributed by atoms with Gasteiger partial charge >= 0.3 is 0 Å². The van der Waals surface area contributed by atoms with Gasteiger partial charge in [-0.05, 0) is 48.8 Å². The highest BCUT2D eigenvalue weighted by Crippen LogP contribution is 2.18. The lowest BCUT2D eigenvalue weighted by atomic mass is 9.90. The van der Waals surface area contributed by atoms with Crippen LogP contribution in [-0.4, -0.2) is 24.7 Å². The monoisotopic (exact) mass is 367 g/mol. The highest BCUT2D eigenvalue weighted by molar-refractivity contribution is 5.17.